The van der Waals surface area contributed by atoms with Crippen molar-refractivity contribution in [3.05, 3.63) is 76.0 Å². The Morgan fingerprint density at radius 1 is 1.04 bits per heavy atom. The first kappa shape index (κ1) is 18.0. The van der Waals surface area contributed by atoms with E-state index in [2.05, 4.69) is 10.4 Å². The molecule has 0 spiro atoms. The Bertz CT molecular complexity index is 965. The van der Waals surface area contributed by atoms with Crippen LogP contribution >= 0.6 is 23.2 Å². The van der Waals surface area contributed by atoms with Gasteiger partial charge in [0.25, 0.3) is 5.91 Å². The Morgan fingerprint density at radius 2 is 1.73 bits per heavy atom. The summed E-state index contributed by atoms with van der Waals surface area (Å²) in [7, 11) is 0. The molecular weight excluding hydrogens is 375 g/mol. The predicted octanol–water partition coefficient (Wildman–Crippen LogP) is 3.46. The molecule has 3 N–H and O–H groups in total. The van der Waals surface area contributed by atoms with E-state index in [0.29, 0.717) is 27.0 Å². The van der Waals surface area contributed by atoms with Gasteiger partial charge in [-0.25, -0.2) is 4.68 Å². The average molecular weight is 389 g/mol. The molecule has 0 aliphatic carbocycles. The average Bonchev–Trinajstić information content (AvgIpc) is 3.09. The molecule has 0 fully saturated rings. The second-order valence-corrected chi connectivity index (χ2v) is 6.27. The van der Waals surface area contributed by atoms with Crippen molar-refractivity contribution in [3.8, 4) is 5.69 Å². The van der Waals surface area contributed by atoms with E-state index in [-0.39, 0.29) is 18.0 Å². The number of carbonyl (C=O) groups is 2. The fourth-order valence-corrected chi connectivity index (χ4v) is 2.96. The first-order chi connectivity index (χ1) is 12.5. The van der Waals surface area contributed by atoms with Crippen LogP contribution in [0, 0.1) is 0 Å². The second-order valence-electron chi connectivity index (χ2n) is 5.45. The number of amides is 2. The van der Waals surface area contributed by atoms with Gasteiger partial charge in [0.1, 0.15) is 5.69 Å². The highest BCUT2D eigenvalue weighted by atomic mass is 35.5. The van der Waals surface area contributed by atoms with Crippen molar-refractivity contribution in [2.24, 2.45) is 5.73 Å². The minimum Gasteiger partial charge on any atom is -0.364 e. The van der Waals surface area contributed by atoms with E-state index in [4.69, 9.17) is 28.9 Å². The zero-order valence-corrected chi connectivity index (χ0v) is 15.0. The minimum absolute atomic E-state index is 0.0263. The fourth-order valence-electron chi connectivity index (χ4n) is 2.42. The van der Waals surface area contributed by atoms with E-state index in [0.717, 1.165) is 0 Å². The van der Waals surface area contributed by atoms with Gasteiger partial charge in [-0.15, -0.1) is 0 Å². The minimum atomic E-state index is -0.626. The first-order valence-corrected chi connectivity index (χ1v) is 8.39. The molecule has 0 aliphatic heterocycles. The number of nitrogens with two attached hydrogens (primary N) is 1. The summed E-state index contributed by atoms with van der Waals surface area (Å²) < 4.78 is 1.47. The summed E-state index contributed by atoms with van der Waals surface area (Å²) in [6, 6.07) is 13.6. The van der Waals surface area contributed by atoms with Crippen LogP contribution in [0.5, 0.6) is 0 Å². The molecule has 132 valence electrons. The van der Waals surface area contributed by atoms with Gasteiger partial charge in [0.15, 0.2) is 0 Å². The van der Waals surface area contributed by atoms with Crippen molar-refractivity contribution in [3.63, 3.8) is 0 Å². The van der Waals surface area contributed by atoms with Gasteiger partial charge in [0, 0.05) is 16.2 Å². The number of nitrogens with one attached hydrogen (secondary N) is 1. The Kier molecular flexibility index (Phi) is 5.25. The van der Waals surface area contributed by atoms with Gasteiger partial charge in [0.05, 0.1) is 17.8 Å². The number of carbonyl (C=O) groups excluding carboxylic acids is 2. The number of aromatic nitrogens is 2. The number of benzene rings is 2. The van der Waals surface area contributed by atoms with Crippen LogP contribution < -0.4 is 11.1 Å². The standard InChI is InChI=1S/C18H14Cl2N4O2/c19-12-4-3-5-13(20)11(12)10-17(25)22-14-6-1-2-7-16(14)24-9-8-15(23-24)18(21)26/h1-9H,10H2,(H2,21,26)(H,22,25). The molecule has 0 bridgehead atoms. The van der Waals surface area contributed by atoms with Gasteiger partial charge < -0.3 is 11.1 Å². The summed E-state index contributed by atoms with van der Waals surface area (Å²) >= 11 is 12.2. The van der Waals surface area contributed by atoms with E-state index in [1.165, 1.54) is 10.7 Å². The number of primary amides is 1. The normalized spacial score (nSPS) is 10.5. The van der Waals surface area contributed by atoms with Crippen molar-refractivity contribution in [2.45, 2.75) is 6.42 Å². The molecule has 1 aromatic heterocycles. The van der Waals surface area contributed by atoms with Crippen LogP contribution in [0.2, 0.25) is 10.0 Å². The van der Waals surface area contributed by atoms with Gasteiger partial charge in [0.2, 0.25) is 5.91 Å². The molecule has 0 unspecified atom stereocenters. The van der Waals surface area contributed by atoms with Crippen molar-refractivity contribution in [1.29, 1.82) is 0 Å². The Balaban J connectivity index is 1.84. The molecule has 3 rings (SSSR count). The van der Waals surface area contributed by atoms with Crippen LogP contribution in [0.15, 0.2) is 54.7 Å². The predicted molar refractivity (Wildman–Crippen MR) is 101 cm³/mol. The van der Waals surface area contributed by atoms with Crippen LogP contribution in [-0.2, 0) is 11.2 Å². The summed E-state index contributed by atoms with van der Waals surface area (Å²) in [5.74, 6) is -0.909. The fraction of sp³-hybridized carbons (Fsp3) is 0.0556. The third-order valence-corrected chi connectivity index (χ3v) is 4.37. The van der Waals surface area contributed by atoms with Gasteiger partial charge in [-0.05, 0) is 35.9 Å². The third kappa shape index (κ3) is 3.87. The Labute approximate surface area is 159 Å². The zero-order valence-electron chi connectivity index (χ0n) is 13.4. The van der Waals surface area contributed by atoms with E-state index in [1.807, 2.05) is 0 Å². The summed E-state index contributed by atoms with van der Waals surface area (Å²) in [6.07, 6.45) is 1.62. The molecule has 0 saturated heterocycles. The maximum atomic E-state index is 12.5. The number of hydrogen-bond acceptors (Lipinski definition) is 3. The number of anilines is 1. The molecule has 3 aromatic rings. The molecule has 0 atom stereocenters. The lowest BCUT2D eigenvalue weighted by Crippen LogP contribution is -2.17. The summed E-state index contributed by atoms with van der Waals surface area (Å²) in [4.78, 5) is 23.7. The van der Waals surface area contributed by atoms with Crippen molar-refractivity contribution in [1.82, 2.24) is 9.78 Å². The van der Waals surface area contributed by atoms with Crippen molar-refractivity contribution >= 4 is 40.7 Å². The molecule has 8 heteroatoms. The lowest BCUT2D eigenvalue weighted by atomic mass is 10.1. The highest BCUT2D eigenvalue weighted by Crippen LogP contribution is 2.26. The lowest BCUT2D eigenvalue weighted by Gasteiger charge is -2.12. The maximum Gasteiger partial charge on any atom is 0.269 e. The molecule has 6 nitrogen and oxygen atoms in total. The highest BCUT2D eigenvalue weighted by Gasteiger charge is 2.14. The quantitative estimate of drug-likeness (QED) is 0.700. The Morgan fingerprint density at radius 3 is 2.38 bits per heavy atom. The molecule has 2 aromatic carbocycles. The second kappa shape index (κ2) is 7.59. The van der Waals surface area contributed by atoms with Gasteiger partial charge in [-0.1, -0.05) is 41.4 Å². The number of nitrogens with zero attached hydrogens (tertiary/aromatic N) is 2. The molecule has 2 amide bonds. The summed E-state index contributed by atoms with van der Waals surface area (Å²) in [5, 5.41) is 7.79. The van der Waals surface area contributed by atoms with E-state index >= 15 is 0 Å². The topological polar surface area (TPSA) is 90.0 Å². The molecule has 26 heavy (non-hydrogen) atoms. The smallest absolute Gasteiger partial charge is 0.269 e. The monoisotopic (exact) mass is 388 g/mol. The molecule has 0 aliphatic rings. The Hall–Kier alpha value is -2.83. The highest BCUT2D eigenvalue weighted by molar-refractivity contribution is 6.36. The number of halogens is 2. The van der Waals surface area contributed by atoms with E-state index in [1.54, 1.807) is 48.7 Å². The number of para-hydroxylation sites is 2. The zero-order chi connectivity index (χ0) is 18.7. The molecule has 1 heterocycles. The van der Waals surface area contributed by atoms with E-state index in [9.17, 15) is 9.59 Å². The number of rotatable bonds is 5. The number of hydrogen-bond donors (Lipinski definition) is 2. The van der Waals surface area contributed by atoms with Crippen molar-refractivity contribution in [2.75, 3.05) is 5.32 Å². The van der Waals surface area contributed by atoms with Crippen LogP contribution in [-0.4, -0.2) is 21.6 Å². The lowest BCUT2D eigenvalue weighted by molar-refractivity contribution is -0.115. The van der Waals surface area contributed by atoms with E-state index < -0.39 is 5.91 Å². The van der Waals surface area contributed by atoms with Crippen LogP contribution in [0.3, 0.4) is 0 Å². The van der Waals surface area contributed by atoms with Gasteiger partial charge in [-0.3, -0.25) is 9.59 Å². The summed E-state index contributed by atoms with van der Waals surface area (Å²) in [5.41, 5.74) is 7.04. The maximum absolute atomic E-state index is 12.5. The van der Waals surface area contributed by atoms with Crippen LogP contribution in [0.1, 0.15) is 16.1 Å². The molecule has 0 radical (unpaired) electrons. The SMILES string of the molecule is NC(=O)c1ccn(-c2ccccc2NC(=O)Cc2c(Cl)cccc2Cl)n1. The molecular formula is C18H14Cl2N4O2. The van der Waals surface area contributed by atoms with Crippen LogP contribution in [0.25, 0.3) is 5.69 Å². The van der Waals surface area contributed by atoms with Gasteiger partial charge >= 0.3 is 0 Å². The summed E-state index contributed by atoms with van der Waals surface area (Å²) in [6.45, 7) is 0. The largest absolute Gasteiger partial charge is 0.364 e. The van der Waals surface area contributed by atoms with Gasteiger partial charge in [-0.2, -0.15) is 5.10 Å². The molecule has 0 saturated carbocycles. The first-order valence-electron chi connectivity index (χ1n) is 7.63. The van der Waals surface area contributed by atoms with Crippen molar-refractivity contribution < 1.29 is 9.59 Å². The third-order valence-electron chi connectivity index (χ3n) is 3.67. The van der Waals surface area contributed by atoms with Crippen LogP contribution in [0.4, 0.5) is 5.69 Å².